The largest absolute Gasteiger partial charge is 0.378 e. The first-order valence-electron chi connectivity index (χ1n) is 8.03. The molecule has 1 fully saturated rings. The number of anilines is 1. The van der Waals surface area contributed by atoms with Gasteiger partial charge in [0.25, 0.3) is 15.9 Å². The fourth-order valence-electron chi connectivity index (χ4n) is 2.69. The number of morpholine rings is 1. The van der Waals surface area contributed by atoms with Crippen LogP contribution in [0.3, 0.4) is 0 Å². The fraction of sp³-hybridized carbons (Fsp3) is 0.278. The maximum atomic E-state index is 12.7. The molecule has 1 amide bonds. The summed E-state index contributed by atoms with van der Waals surface area (Å²) in [6, 6.07) is 13.4. The summed E-state index contributed by atoms with van der Waals surface area (Å²) in [7, 11) is -3.78. The van der Waals surface area contributed by atoms with E-state index in [0.717, 1.165) is 0 Å². The Morgan fingerprint density at radius 1 is 1.08 bits per heavy atom. The van der Waals surface area contributed by atoms with Gasteiger partial charge in [0.05, 0.1) is 18.1 Å². The number of ether oxygens (including phenoxy) is 1. The number of carbonyl (C=O) groups is 1. The van der Waals surface area contributed by atoms with Crippen LogP contribution in [-0.2, 0) is 14.8 Å². The first-order valence-corrected chi connectivity index (χ1v) is 9.51. The number of nitrogens with zero attached hydrogens (tertiary/aromatic N) is 1. The number of benzene rings is 2. The van der Waals surface area contributed by atoms with E-state index in [-0.39, 0.29) is 10.8 Å². The summed E-state index contributed by atoms with van der Waals surface area (Å²) in [5.41, 5.74) is 1.43. The van der Waals surface area contributed by atoms with Crippen LogP contribution in [0.15, 0.2) is 53.4 Å². The number of carbonyl (C=O) groups excluding carboxylic acids is 1. The third-order valence-corrected chi connectivity index (χ3v) is 5.57. The lowest BCUT2D eigenvalue weighted by atomic mass is 10.1. The van der Waals surface area contributed by atoms with E-state index in [2.05, 4.69) is 4.72 Å². The van der Waals surface area contributed by atoms with Crippen molar-refractivity contribution in [1.82, 2.24) is 4.90 Å². The van der Waals surface area contributed by atoms with E-state index in [9.17, 15) is 13.2 Å². The van der Waals surface area contributed by atoms with E-state index in [1.807, 2.05) is 6.07 Å². The van der Waals surface area contributed by atoms with Crippen molar-refractivity contribution in [3.8, 4) is 0 Å². The van der Waals surface area contributed by atoms with Gasteiger partial charge >= 0.3 is 0 Å². The fourth-order valence-corrected chi connectivity index (χ4v) is 4.02. The molecule has 0 aliphatic carbocycles. The van der Waals surface area contributed by atoms with Crippen LogP contribution < -0.4 is 4.72 Å². The zero-order valence-corrected chi connectivity index (χ0v) is 14.8. The molecule has 0 radical (unpaired) electrons. The molecule has 3 rings (SSSR count). The molecule has 0 spiro atoms. The Labute approximate surface area is 147 Å². The van der Waals surface area contributed by atoms with Crippen molar-refractivity contribution in [2.75, 3.05) is 31.0 Å². The van der Waals surface area contributed by atoms with Gasteiger partial charge < -0.3 is 9.64 Å². The summed E-state index contributed by atoms with van der Waals surface area (Å²) in [5.74, 6) is -0.181. The Morgan fingerprint density at radius 2 is 1.76 bits per heavy atom. The Balaban J connectivity index is 1.89. The quantitative estimate of drug-likeness (QED) is 0.907. The SMILES string of the molecule is Cc1ccc(C(=O)N2CCOCC2)cc1S(=O)(=O)Nc1ccccc1. The lowest BCUT2D eigenvalue weighted by molar-refractivity contribution is 0.0302. The number of hydrogen-bond acceptors (Lipinski definition) is 4. The molecule has 7 heteroatoms. The van der Waals surface area contributed by atoms with Crippen molar-refractivity contribution in [2.45, 2.75) is 11.8 Å². The molecule has 0 aromatic heterocycles. The minimum atomic E-state index is -3.78. The van der Waals surface area contributed by atoms with Crippen LogP contribution in [-0.4, -0.2) is 45.5 Å². The van der Waals surface area contributed by atoms with Gasteiger partial charge in [0, 0.05) is 24.3 Å². The molecule has 1 aliphatic rings. The molecular weight excluding hydrogens is 340 g/mol. The Bertz CT molecular complexity index is 860. The molecule has 0 atom stereocenters. The van der Waals surface area contributed by atoms with Gasteiger partial charge in [-0.3, -0.25) is 9.52 Å². The van der Waals surface area contributed by atoms with E-state index in [1.54, 1.807) is 48.2 Å². The van der Waals surface area contributed by atoms with E-state index >= 15 is 0 Å². The first-order chi connectivity index (χ1) is 12.0. The second-order valence-electron chi connectivity index (χ2n) is 5.86. The number of aryl methyl sites for hydroxylation is 1. The summed E-state index contributed by atoms with van der Waals surface area (Å²) in [6.07, 6.45) is 0. The van der Waals surface area contributed by atoms with Gasteiger partial charge in [0.2, 0.25) is 0 Å². The predicted molar refractivity (Wildman–Crippen MR) is 95.2 cm³/mol. The number of hydrogen-bond donors (Lipinski definition) is 1. The monoisotopic (exact) mass is 360 g/mol. The average Bonchev–Trinajstić information content (AvgIpc) is 2.62. The zero-order chi connectivity index (χ0) is 17.9. The van der Waals surface area contributed by atoms with Crippen LogP contribution in [0.4, 0.5) is 5.69 Å². The first kappa shape index (κ1) is 17.4. The summed E-state index contributed by atoms with van der Waals surface area (Å²) >= 11 is 0. The van der Waals surface area contributed by atoms with E-state index in [4.69, 9.17) is 4.74 Å². The predicted octanol–water partition coefficient (Wildman–Crippen LogP) is 2.27. The highest BCUT2D eigenvalue weighted by Gasteiger charge is 2.23. The third kappa shape index (κ3) is 4.00. The maximum Gasteiger partial charge on any atom is 0.262 e. The molecule has 0 bridgehead atoms. The summed E-state index contributed by atoms with van der Waals surface area (Å²) in [5, 5.41) is 0. The molecule has 2 aromatic rings. The second kappa shape index (κ2) is 7.25. The highest BCUT2D eigenvalue weighted by molar-refractivity contribution is 7.92. The molecular formula is C18H20N2O4S. The van der Waals surface area contributed by atoms with Crippen LogP contribution in [0.5, 0.6) is 0 Å². The number of rotatable bonds is 4. The highest BCUT2D eigenvalue weighted by Crippen LogP contribution is 2.21. The number of nitrogens with one attached hydrogen (secondary N) is 1. The lowest BCUT2D eigenvalue weighted by Gasteiger charge is -2.27. The second-order valence-corrected chi connectivity index (χ2v) is 7.51. The van der Waals surface area contributed by atoms with Gasteiger partial charge in [0.1, 0.15) is 0 Å². The normalized spacial score (nSPS) is 15.0. The standard InChI is InChI=1S/C18H20N2O4S/c1-14-7-8-15(18(21)20-9-11-24-12-10-20)13-17(14)25(22,23)19-16-5-3-2-4-6-16/h2-8,13,19H,9-12H2,1H3. The molecule has 1 saturated heterocycles. The molecule has 1 N–H and O–H groups in total. The van der Waals surface area contributed by atoms with Crippen LogP contribution in [0.2, 0.25) is 0 Å². The Hall–Kier alpha value is -2.38. The molecule has 2 aromatic carbocycles. The molecule has 1 heterocycles. The molecule has 132 valence electrons. The summed E-state index contributed by atoms with van der Waals surface area (Å²) in [6.45, 7) is 3.73. The van der Waals surface area contributed by atoms with Crippen molar-refractivity contribution in [3.63, 3.8) is 0 Å². The van der Waals surface area contributed by atoms with Crippen LogP contribution in [0, 0.1) is 6.92 Å². The number of amides is 1. The number of sulfonamides is 1. The summed E-state index contributed by atoms with van der Waals surface area (Å²) < 4.78 is 33.2. The van der Waals surface area contributed by atoms with Crippen molar-refractivity contribution in [3.05, 3.63) is 59.7 Å². The van der Waals surface area contributed by atoms with Crippen LogP contribution in [0.25, 0.3) is 0 Å². The van der Waals surface area contributed by atoms with E-state index < -0.39 is 10.0 Å². The van der Waals surface area contributed by atoms with Crippen molar-refractivity contribution in [1.29, 1.82) is 0 Å². The highest BCUT2D eigenvalue weighted by atomic mass is 32.2. The lowest BCUT2D eigenvalue weighted by Crippen LogP contribution is -2.40. The van der Waals surface area contributed by atoms with Crippen LogP contribution >= 0.6 is 0 Å². The molecule has 6 nitrogen and oxygen atoms in total. The Morgan fingerprint density at radius 3 is 2.44 bits per heavy atom. The maximum absolute atomic E-state index is 12.7. The van der Waals surface area contributed by atoms with Gasteiger partial charge in [-0.2, -0.15) is 0 Å². The zero-order valence-electron chi connectivity index (χ0n) is 13.9. The summed E-state index contributed by atoms with van der Waals surface area (Å²) in [4.78, 5) is 14.4. The van der Waals surface area contributed by atoms with Gasteiger partial charge in [-0.25, -0.2) is 8.42 Å². The van der Waals surface area contributed by atoms with Crippen molar-refractivity contribution in [2.24, 2.45) is 0 Å². The van der Waals surface area contributed by atoms with Gasteiger partial charge in [-0.15, -0.1) is 0 Å². The molecule has 0 saturated carbocycles. The van der Waals surface area contributed by atoms with Crippen molar-refractivity contribution < 1.29 is 17.9 Å². The van der Waals surface area contributed by atoms with E-state index in [0.29, 0.717) is 43.1 Å². The molecule has 25 heavy (non-hydrogen) atoms. The average molecular weight is 360 g/mol. The van der Waals surface area contributed by atoms with Crippen molar-refractivity contribution >= 4 is 21.6 Å². The van der Waals surface area contributed by atoms with Gasteiger partial charge in [-0.05, 0) is 36.8 Å². The van der Waals surface area contributed by atoms with Gasteiger partial charge in [-0.1, -0.05) is 24.3 Å². The third-order valence-electron chi connectivity index (χ3n) is 4.05. The van der Waals surface area contributed by atoms with E-state index in [1.165, 1.54) is 6.07 Å². The van der Waals surface area contributed by atoms with Gasteiger partial charge in [0.15, 0.2) is 0 Å². The topological polar surface area (TPSA) is 75.7 Å². The molecule has 1 aliphatic heterocycles. The smallest absolute Gasteiger partial charge is 0.262 e. The van der Waals surface area contributed by atoms with Crippen LogP contribution in [0.1, 0.15) is 15.9 Å². The molecule has 0 unspecified atom stereocenters. The number of para-hydroxylation sites is 1. The Kier molecular flexibility index (Phi) is 5.06. The minimum absolute atomic E-state index is 0.107. The minimum Gasteiger partial charge on any atom is -0.378 e.